The summed E-state index contributed by atoms with van der Waals surface area (Å²) in [5, 5.41) is 17.6. The van der Waals surface area contributed by atoms with E-state index in [9.17, 15) is 0 Å². The highest BCUT2D eigenvalue weighted by Gasteiger charge is 2.23. The van der Waals surface area contributed by atoms with Gasteiger partial charge in [-0.25, -0.2) is 4.98 Å². The first kappa shape index (κ1) is 18.7. The molecule has 0 spiro atoms. The second-order valence-corrected chi connectivity index (χ2v) is 6.84. The number of aromatic nitrogens is 5. The molecule has 0 atom stereocenters. The second-order valence-electron chi connectivity index (χ2n) is 6.84. The predicted octanol–water partition coefficient (Wildman–Crippen LogP) is 1.69. The standard InChI is InChI=1S/C20H22N8O/c1-15-19(23-7-6-22-15)27-8-10-28(11-9-27)20-25-24-18(26(20)2)14-29-17-5-3-4-16(12-17)13-21/h3-7,12H,8-11,14H2,1-2H3. The van der Waals surface area contributed by atoms with Crippen molar-refractivity contribution in [2.75, 3.05) is 36.0 Å². The van der Waals surface area contributed by atoms with E-state index in [1.807, 2.05) is 24.6 Å². The van der Waals surface area contributed by atoms with Gasteiger partial charge < -0.3 is 14.5 Å². The Morgan fingerprint density at radius 1 is 1.07 bits per heavy atom. The molecule has 148 valence electrons. The van der Waals surface area contributed by atoms with E-state index in [2.05, 4.69) is 36.0 Å². The van der Waals surface area contributed by atoms with Gasteiger partial charge in [-0.05, 0) is 25.1 Å². The van der Waals surface area contributed by atoms with Crippen LogP contribution < -0.4 is 14.5 Å². The molecule has 0 N–H and O–H groups in total. The lowest BCUT2D eigenvalue weighted by Gasteiger charge is -2.35. The Hall–Kier alpha value is -3.67. The first-order chi connectivity index (χ1) is 14.2. The number of piperazine rings is 1. The highest BCUT2D eigenvalue weighted by Crippen LogP contribution is 2.20. The molecular formula is C20H22N8O. The number of nitrogens with zero attached hydrogens (tertiary/aromatic N) is 8. The van der Waals surface area contributed by atoms with Gasteiger partial charge in [-0.1, -0.05) is 6.07 Å². The third-order valence-electron chi connectivity index (χ3n) is 4.99. The zero-order valence-electron chi connectivity index (χ0n) is 16.5. The summed E-state index contributed by atoms with van der Waals surface area (Å²) in [7, 11) is 1.94. The van der Waals surface area contributed by atoms with Crippen molar-refractivity contribution in [2.24, 2.45) is 7.05 Å². The lowest BCUT2D eigenvalue weighted by atomic mass is 10.2. The number of ether oxygens (including phenoxy) is 1. The van der Waals surface area contributed by atoms with Crippen molar-refractivity contribution in [3.63, 3.8) is 0 Å². The molecule has 1 saturated heterocycles. The van der Waals surface area contributed by atoms with Gasteiger partial charge in [0.05, 0.1) is 17.3 Å². The molecule has 9 heteroatoms. The van der Waals surface area contributed by atoms with Gasteiger partial charge in [-0.3, -0.25) is 9.55 Å². The van der Waals surface area contributed by atoms with Gasteiger partial charge in [0.25, 0.3) is 0 Å². The molecule has 0 bridgehead atoms. The summed E-state index contributed by atoms with van der Waals surface area (Å²) in [6, 6.07) is 9.19. The third kappa shape index (κ3) is 3.96. The minimum atomic E-state index is 0.289. The molecule has 0 amide bonds. The Morgan fingerprint density at radius 2 is 1.83 bits per heavy atom. The first-order valence-electron chi connectivity index (χ1n) is 9.44. The minimum absolute atomic E-state index is 0.289. The first-order valence-corrected chi connectivity index (χ1v) is 9.44. The zero-order chi connectivity index (χ0) is 20.2. The zero-order valence-corrected chi connectivity index (χ0v) is 16.5. The van der Waals surface area contributed by atoms with Crippen molar-refractivity contribution >= 4 is 11.8 Å². The van der Waals surface area contributed by atoms with Crippen LogP contribution in [0.5, 0.6) is 5.75 Å². The molecule has 0 saturated carbocycles. The quantitative estimate of drug-likeness (QED) is 0.649. The Kier molecular flexibility index (Phi) is 5.24. The largest absolute Gasteiger partial charge is 0.486 e. The van der Waals surface area contributed by atoms with E-state index in [0.29, 0.717) is 11.3 Å². The van der Waals surface area contributed by atoms with Crippen LogP contribution in [0.1, 0.15) is 17.1 Å². The van der Waals surface area contributed by atoms with Crippen LogP contribution in [0.15, 0.2) is 36.7 Å². The fraction of sp³-hybridized carbons (Fsp3) is 0.350. The highest BCUT2D eigenvalue weighted by molar-refractivity contribution is 5.45. The van der Waals surface area contributed by atoms with E-state index in [-0.39, 0.29) is 6.61 Å². The predicted molar refractivity (Wildman–Crippen MR) is 108 cm³/mol. The van der Waals surface area contributed by atoms with E-state index >= 15 is 0 Å². The van der Waals surface area contributed by atoms with Crippen LogP contribution in [0.4, 0.5) is 11.8 Å². The third-order valence-corrected chi connectivity index (χ3v) is 4.99. The molecule has 0 aliphatic carbocycles. The number of benzene rings is 1. The highest BCUT2D eigenvalue weighted by atomic mass is 16.5. The van der Waals surface area contributed by atoms with Crippen LogP contribution in [-0.4, -0.2) is 50.9 Å². The Balaban J connectivity index is 1.39. The molecule has 4 rings (SSSR count). The van der Waals surface area contributed by atoms with E-state index in [0.717, 1.165) is 49.5 Å². The SMILES string of the molecule is Cc1nccnc1N1CCN(c2nnc(COc3cccc(C#N)c3)n2C)CC1. The van der Waals surface area contributed by atoms with Crippen LogP contribution in [0.25, 0.3) is 0 Å². The van der Waals surface area contributed by atoms with Gasteiger partial charge >= 0.3 is 0 Å². The van der Waals surface area contributed by atoms with Gasteiger partial charge in [0.15, 0.2) is 5.82 Å². The molecule has 1 aromatic carbocycles. The summed E-state index contributed by atoms with van der Waals surface area (Å²) < 4.78 is 7.74. The van der Waals surface area contributed by atoms with E-state index < -0.39 is 0 Å². The lowest BCUT2D eigenvalue weighted by Crippen LogP contribution is -2.48. The van der Waals surface area contributed by atoms with Crippen molar-refractivity contribution in [1.29, 1.82) is 5.26 Å². The maximum atomic E-state index is 9.00. The normalized spacial score (nSPS) is 14.0. The molecule has 9 nitrogen and oxygen atoms in total. The molecule has 1 fully saturated rings. The van der Waals surface area contributed by atoms with E-state index in [1.54, 1.807) is 30.6 Å². The summed E-state index contributed by atoms with van der Waals surface area (Å²) in [5.41, 5.74) is 1.51. The second kappa shape index (κ2) is 8.14. The number of nitriles is 1. The van der Waals surface area contributed by atoms with Crippen LogP contribution in [-0.2, 0) is 13.7 Å². The van der Waals surface area contributed by atoms with Gasteiger partial charge in [-0.15, -0.1) is 10.2 Å². The summed E-state index contributed by atoms with van der Waals surface area (Å²) in [6.45, 7) is 5.62. The molecular weight excluding hydrogens is 368 g/mol. The fourth-order valence-electron chi connectivity index (χ4n) is 3.39. The number of aryl methyl sites for hydroxylation is 1. The van der Waals surface area contributed by atoms with Crippen molar-refractivity contribution in [1.82, 2.24) is 24.7 Å². The summed E-state index contributed by atoms with van der Waals surface area (Å²) in [5.74, 6) is 3.14. The van der Waals surface area contributed by atoms with Crippen LogP contribution >= 0.6 is 0 Å². The summed E-state index contributed by atoms with van der Waals surface area (Å²) in [4.78, 5) is 13.3. The van der Waals surface area contributed by atoms with Gasteiger partial charge in [0.2, 0.25) is 5.95 Å². The average molecular weight is 390 g/mol. The Morgan fingerprint density at radius 3 is 2.59 bits per heavy atom. The van der Waals surface area contributed by atoms with Crippen molar-refractivity contribution in [2.45, 2.75) is 13.5 Å². The van der Waals surface area contributed by atoms with Gasteiger partial charge in [-0.2, -0.15) is 5.26 Å². The number of rotatable bonds is 5. The number of hydrogen-bond donors (Lipinski definition) is 0. The van der Waals surface area contributed by atoms with Gasteiger partial charge in [0.1, 0.15) is 18.2 Å². The maximum Gasteiger partial charge on any atom is 0.227 e. The van der Waals surface area contributed by atoms with Crippen LogP contribution in [0.3, 0.4) is 0 Å². The van der Waals surface area contributed by atoms with Crippen LogP contribution in [0, 0.1) is 18.3 Å². The maximum absolute atomic E-state index is 9.00. The summed E-state index contributed by atoms with van der Waals surface area (Å²) in [6.07, 6.45) is 3.45. The lowest BCUT2D eigenvalue weighted by molar-refractivity contribution is 0.291. The molecule has 1 aliphatic rings. The topological polar surface area (TPSA) is 96.0 Å². The van der Waals surface area contributed by atoms with Crippen molar-refractivity contribution in [3.8, 4) is 11.8 Å². The molecule has 0 unspecified atom stereocenters. The fourth-order valence-corrected chi connectivity index (χ4v) is 3.39. The number of hydrogen-bond acceptors (Lipinski definition) is 8. The van der Waals surface area contributed by atoms with Crippen molar-refractivity contribution < 1.29 is 4.74 Å². The molecule has 3 aromatic rings. The van der Waals surface area contributed by atoms with E-state index in [1.165, 1.54) is 0 Å². The average Bonchev–Trinajstić information content (AvgIpc) is 3.13. The van der Waals surface area contributed by atoms with Crippen LogP contribution in [0.2, 0.25) is 0 Å². The van der Waals surface area contributed by atoms with Crippen molar-refractivity contribution in [3.05, 3.63) is 53.7 Å². The Bertz CT molecular complexity index is 1030. The number of anilines is 2. The van der Waals surface area contributed by atoms with E-state index in [4.69, 9.17) is 10.00 Å². The minimum Gasteiger partial charge on any atom is -0.486 e. The molecule has 29 heavy (non-hydrogen) atoms. The molecule has 0 radical (unpaired) electrons. The molecule has 1 aliphatic heterocycles. The molecule has 3 heterocycles. The molecule has 2 aromatic heterocycles. The Labute approximate surface area is 169 Å². The van der Waals surface area contributed by atoms with Gasteiger partial charge in [0, 0.05) is 45.6 Å². The smallest absolute Gasteiger partial charge is 0.227 e. The monoisotopic (exact) mass is 390 g/mol. The summed E-state index contributed by atoms with van der Waals surface area (Å²) >= 11 is 0.